The van der Waals surface area contributed by atoms with Crippen LogP contribution in [0.5, 0.6) is 17.2 Å². The number of benzene rings is 2. The average Bonchev–Trinajstić information content (AvgIpc) is 2.78. The molecular formula is C29H45N2O5V-. The fourth-order valence-electron chi connectivity index (χ4n) is 3.37. The van der Waals surface area contributed by atoms with E-state index in [1.54, 1.807) is 12.3 Å². The number of nitrogens with zero attached hydrogens (tertiary/aromatic N) is 2. The van der Waals surface area contributed by atoms with Crippen LogP contribution in [0.1, 0.15) is 84.6 Å². The zero-order chi connectivity index (χ0) is 29.0. The van der Waals surface area contributed by atoms with E-state index in [1.807, 2.05) is 32.9 Å². The first kappa shape index (κ1) is 34.8. The van der Waals surface area contributed by atoms with E-state index in [9.17, 15) is 15.3 Å². The topological polar surface area (TPSA) is 124 Å². The maximum absolute atomic E-state index is 10.6. The van der Waals surface area contributed by atoms with Crippen LogP contribution in [0, 0.1) is 0 Å². The Morgan fingerprint density at radius 1 is 0.811 bits per heavy atom. The molecule has 8 heteroatoms. The van der Waals surface area contributed by atoms with Crippen molar-refractivity contribution in [2.45, 2.75) is 78.6 Å². The second kappa shape index (κ2) is 15.3. The van der Waals surface area contributed by atoms with Crippen LogP contribution < -0.4 is 0 Å². The van der Waals surface area contributed by atoms with E-state index < -0.39 is 0 Å². The number of hydrogen-bond acceptors (Lipinski definition) is 6. The van der Waals surface area contributed by atoms with Gasteiger partial charge in [-0.05, 0) is 33.9 Å². The number of rotatable bonds is 6. The second-order valence-electron chi connectivity index (χ2n) is 11.8. The van der Waals surface area contributed by atoms with Crippen molar-refractivity contribution in [1.82, 2.24) is 0 Å². The fraction of sp³-hybridized carbons (Fsp3) is 0.552. The Kier molecular flexibility index (Phi) is 14.4. The van der Waals surface area contributed by atoms with Crippen LogP contribution in [0.2, 0.25) is 0 Å². The van der Waals surface area contributed by atoms with E-state index in [2.05, 4.69) is 57.9 Å². The third-order valence-electron chi connectivity index (χ3n) is 5.51. The molecule has 0 saturated heterocycles. The van der Waals surface area contributed by atoms with Gasteiger partial charge in [0, 0.05) is 36.1 Å². The molecule has 37 heavy (non-hydrogen) atoms. The first-order valence-corrected chi connectivity index (χ1v) is 12.9. The van der Waals surface area contributed by atoms with Gasteiger partial charge in [-0.3, -0.25) is 4.99 Å². The van der Waals surface area contributed by atoms with Crippen molar-refractivity contribution in [2.24, 2.45) is 4.99 Å². The van der Waals surface area contributed by atoms with Gasteiger partial charge < -0.3 is 25.7 Å². The predicted molar refractivity (Wildman–Crippen MR) is 147 cm³/mol. The minimum absolute atomic E-state index is 0.00670. The third kappa shape index (κ3) is 11.8. The van der Waals surface area contributed by atoms with Crippen LogP contribution in [0.15, 0.2) is 35.3 Å². The van der Waals surface area contributed by atoms with Gasteiger partial charge in [-0.2, -0.15) is 0 Å². The molecule has 0 aliphatic rings. The minimum atomic E-state index is -0.136. The van der Waals surface area contributed by atoms with Gasteiger partial charge in [-0.25, -0.2) is 0 Å². The summed E-state index contributed by atoms with van der Waals surface area (Å²) in [5, 5.41) is 42.1. The van der Waals surface area contributed by atoms with Crippen LogP contribution in [0.25, 0.3) is 5.32 Å². The molecule has 0 unspecified atom stereocenters. The van der Waals surface area contributed by atoms with E-state index in [1.165, 1.54) is 11.6 Å². The molecule has 2 rings (SSSR count). The zero-order valence-electron chi connectivity index (χ0n) is 23.8. The molecule has 2 aromatic rings. The van der Waals surface area contributed by atoms with Crippen molar-refractivity contribution in [2.75, 3.05) is 26.2 Å². The summed E-state index contributed by atoms with van der Waals surface area (Å²) in [6, 6.07) is 9.14. The van der Waals surface area contributed by atoms with Crippen LogP contribution >= 0.6 is 0 Å². The Labute approximate surface area is 232 Å². The van der Waals surface area contributed by atoms with Crippen molar-refractivity contribution < 1.29 is 41.5 Å². The zero-order valence-corrected chi connectivity index (χ0v) is 25.2. The number of aliphatic imine (C=N–C) groups is 1. The molecule has 207 valence electrons. The normalized spacial score (nSPS) is 11.9. The molecule has 0 aliphatic heterocycles. The molecule has 0 radical (unpaired) electrons. The van der Waals surface area contributed by atoms with Gasteiger partial charge >= 0.3 is 21.0 Å². The molecule has 0 aromatic heterocycles. The summed E-state index contributed by atoms with van der Waals surface area (Å²) < 4.78 is 8.19. The Bertz CT molecular complexity index is 1000. The van der Waals surface area contributed by atoms with Gasteiger partial charge in [-0.1, -0.05) is 80.5 Å². The molecule has 2 aromatic carbocycles. The van der Waals surface area contributed by atoms with Crippen molar-refractivity contribution in [1.29, 1.82) is 0 Å². The first-order chi connectivity index (χ1) is 17.0. The summed E-state index contributed by atoms with van der Waals surface area (Å²) in [6.45, 7) is 20.4. The molecule has 0 spiro atoms. The van der Waals surface area contributed by atoms with Crippen molar-refractivity contribution in [3.8, 4) is 17.2 Å². The van der Waals surface area contributed by atoms with Gasteiger partial charge in [0.1, 0.15) is 5.75 Å². The summed E-state index contributed by atoms with van der Waals surface area (Å²) in [5.74, 6) is 0.244. The van der Waals surface area contributed by atoms with Gasteiger partial charge in [0.15, 0.2) is 11.5 Å². The van der Waals surface area contributed by atoms with Crippen molar-refractivity contribution in [3.63, 3.8) is 0 Å². The summed E-state index contributed by atoms with van der Waals surface area (Å²) >= 11 is 1.06. The molecule has 0 saturated carbocycles. The molecule has 0 aliphatic carbocycles. The molecule has 4 N–H and O–H groups in total. The third-order valence-corrected chi connectivity index (χ3v) is 5.51. The summed E-state index contributed by atoms with van der Waals surface area (Å²) in [5.41, 5.74) is 3.38. The fourth-order valence-corrected chi connectivity index (χ4v) is 3.37. The number of aromatic hydroxyl groups is 3. The molecular weight excluding hydrogens is 507 g/mol. The van der Waals surface area contributed by atoms with Gasteiger partial charge in [0.05, 0.1) is 0 Å². The van der Waals surface area contributed by atoms with Gasteiger partial charge in [0.2, 0.25) is 0 Å². The number of aliphatic hydroxyl groups is 1. The monoisotopic (exact) mass is 552 g/mol. The Morgan fingerprint density at radius 2 is 1.38 bits per heavy atom. The Morgan fingerprint density at radius 3 is 1.84 bits per heavy atom. The molecule has 0 fully saturated rings. The van der Waals surface area contributed by atoms with Crippen molar-refractivity contribution in [3.05, 3.63) is 57.9 Å². The predicted octanol–water partition coefficient (Wildman–Crippen LogP) is 6.05. The SMILES string of the molecule is CC(C)(C)c1cc(C=NCC[N-]CCO)c(O)c(C(C)(C)C)c1.CC(C)(C)c1cccc(O)c1O.[O]=[V]. The van der Waals surface area contributed by atoms with E-state index in [-0.39, 0.29) is 34.4 Å². The number of aliphatic hydroxyl groups excluding tert-OH is 1. The summed E-state index contributed by atoms with van der Waals surface area (Å²) in [4.78, 5) is 4.36. The average molecular weight is 553 g/mol. The van der Waals surface area contributed by atoms with E-state index in [4.69, 9.17) is 8.78 Å². The Balaban J connectivity index is 0.000000775. The second-order valence-corrected chi connectivity index (χ2v) is 11.8. The molecule has 0 heterocycles. The number of para-hydroxylation sites is 1. The molecule has 0 bridgehead atoms. The standard InChI is InChI=1S/C19H31N2O2.C10H14O2.O.V/c1-18(2,3)15-11-14(13-21-8-7-20-9-10-22)17(23)16(12-15)19(4,5)6;1-10(2,3)7-5-4-6-8(11)9(7)12;;/h11-13,22-23H,7-10H2,1-6H3;4-6,11-12H,1-3H3;;/q-1;;;. The van der Waals surface area contributed by atoms with Crippen LogP contribution in [0.3, 0.4) is 0 Å². The number of hydrogen-bond donors (Lipinski definition) is 4. The quantitative estimate of drug-likeness (QED) is 0.197. The van der Waals surface area contributed by atoms with Gasteiger partial charge in [0.25, 0.3) is 0 Å². The van der Waals surface area contributed by atoms with Crippen LogP contribution in [-0.4, -0.2) is 52.9 Å². The molecule has 7 nitrogen and oxygen atoms in total. The molecule has 0 amide bonds. The maximum atomic E-state index is 10.6. The van der Waals surface area contributed by atoms with E-state index >= 15 is 0 Å². The summed E-state index contributed by atoms with van der Waals surface area (Å²) in [6.07, 6.45) is 1.73. The summed E-state index contributed by atoms with van der Waals surface area (Å²) in [7, 11) is 0. The van der Waals surface area contributed by atoms with Crippen molar-refractivity contribution >= 4 is 6.21 Å². The van der Waals surface area contributed by atoms with Crippen LogP contribution in [-0.2, 0) is 37.3 Å². The van der Waals surface area contributed by atoms with Crippen LogP contribution in [0.4, 0.5) is 0 Å². The number of phenolic OH excluding ortho intramolecular Hbond substituents is 3. The Hall–Kier alpha value is -2.19. The molecule has 0 atom stereocenters. The van der Waals surface area contributed by atoms with E-state index in [0.29, 0.717) is 25.4 Å². The van der Waals surface area contributed by atoms with E-state index in [0.717, 1.165) is 34.1 Å². The first-order valence-electron chi connectivity index (χ1n) is 12.3. The van der Waals surface area contributed by atoms with Gasteiger partial charge in [-0.15, -0.1) is 13.1 Å². The number of phenols is 3.